The predicted molar refractivity (Wildman–Crippen MR) is 78.3 cm³/mol. The van der Waals surface area contributed by atoms with Crippen molar-refractivity contribution >= 4 is 17.2 Å². The summed E-state index contributed by atoms with van der Waals surface area (Å²) in [5.74, 6) is 0.0640. The van der Waals surface area contributed by atoms with E-state index in [2.05, 4.69) is 19.2 Å². The van der Waals surface area contributed by atoms with Crippen LogP contribution < -0.4 is 11.1 Å². The Labute approximate surface area is 114 Å². The molecular weight excluding hydrogens is 244 g/mol. The molecule has 102 valence electrons. The zero-order valence-electron chi connectivity index (χ0n) is 11.4. The molecule has 0 unspecified atom stereocenters. The third-order valence-electron chi connectivity index (χ3n) is 2.89. The third-order valence-corrected chi connectivity index (χ3v) is 4.13. The predicted octanol–water partition coefficient (Wildman–Crippen LogP) is 2.73. The number of carbonyl (C=O) groups is 1. The summed E-state index contributed by atoms with van der Waals surface area (Å²) in [7, 11) is 0. The van der Waals surface area contributed by atoms with Crippen molar-refractivity contribution in [2.45, 2.75) is 46.0 Å². The second-order valence-electron chi connectivity index (χ2n) is 4.41. The highest BCUT2D eigenvalue weighted by Gasteiger charge is 2.12. The van der Waals surface area contributed by atoms with Gasteiger partial charge in [-0.15, -0.1) is 11.3 Å². The number of thiophene rings is 1. The highest BCUT2D eigenvalue weighted by molar-refractivity contribution is 7.14. The van der Waals surface area contributed by atoms with Gasteiger partial charge in [-0.05, 0) is 43.9 Å². The molecule has 1 aromatic rings. The van der Waals surface area contributed by atoms with Crippen LogP contribution in [0.1, 0.15) is 53.2 Å². The maximum absolute atomic E-state index is 12.0. The van der Waals surface area contributed by atoms with Crippen molar-refractivity contribution in [3.63, 3.8) is 0 Å². The second-order valence-corrected chi connectivity index (χ2v) is 5.55. The molecule has 4 heteroatoms. The molecule has 1 heterocycles. The van der Waals surface area contributed by atoms with E-state index in [1.807, 2.05) is 6.07 Å². The summed E-state index contributed by atoms with van der Waals surface area (Å²) in [6.45, 7) is 5.73. The first-order valence-electron chi connectivity index (χ1n) is 6.82. The minimum Gasteiger partial charge on any atom is -0.351 e. The van der Waals surface area contributed by atoms with Crippen LogP contribution in [0, 0.1) is 0 Å². The number of nitrogens with two attached hydrogens (primary N) is 1. The SMILES string of the molecule is CCCc1sc(C(=O)NCCCCN)cc1CC. The molecule has 1 rings (SSSR count). The minimum absolute atomic E-state index is 0.0640. The standard InChI is InChI=1S/C14H24N2OS/c1-3-7-12-11(4-2)10-13(18-12)14(17)16-9-6-5-8-15/h10H,3-9,15H2,1-2H3,(H,16,17). The average Bonchev–Trinajstić information content (AvgIpc) is 2.78. The highest BCUT2D eigenvalue weighted by Crippen LogP contribution is 2.24. The van der Waals surface area contributed by atoms with E-state index in [-0.39, 0.29) is 5.91 Å². The number of aryl methyl sites for hydroxylation is 2. The Morgan fingerprint density at radius 3 is 2.78 bits per heavy atom. The van der Waals surface area contributed by atoms with Gasteiger partial charge in [0.1, 0.15) is 0 Å². The Hall–Kier alpha value is -0.870. The largest absolute Gasteiger partial charge is 0.351 e. The fourth-order valence-electron chi connectivity index (χ4n) is 1.87. The third kappa shape index (κ3) is 4.42. The molecule has 1 amide bonds. The first kappa shape index (κ1) is 15.2. The van der Waals surface area contributed by atoms with Gasteiger partial charge in [0.05, 0.1) is 4.88 Å². The van der Waals surface area contributed by atoms with E-state index < -0.39 is 0 Å². The van der Waals surface area contributed by atoms with Crippen LogP contribution in [0.4, 0.5) is 0 Å². The van der Waals surface area contributed by atoms with E-state index >= 15 is 0 Å². The lowest BCUT2D eigenvalue weighted by atomic mass is 10.1. The molecule has 0 bridgehead atoms. The molecular formula is C14H24N2OS. The van der Waals surface area contributed by atoms with Gasteiger partial charge in [-0.3, -0.25) is 4.79 Å². The number of carbonyl (C=O) groups excluding carboxylic acids is 1. The van der Waals surface area contributed by atoms with Gasteiger partial charge < -0.3 is 11.1 Å². The Kier molecular flexibility index (Phi) is 6.98. The van der Waals surface area contributed by atoms with Crippen molar-refractivity contribution in [1.82, 2.24) is 5.32 Å². The van der Waals surface area contributed by atoms with Gasteiger partial charge in [-0.1, -0.05) is 20.3 Å². The lowest BCUT2D eigenvalue weighted by Gasteiger charge is -2.01. The number of hydrogen-bond acceptors (Lipinski definition) is 3. The van der Waals surface area contributed by atoms with Crippen molar-refractivity contribution in [3.05, 3.63) is 21.4 Å². The van der Waals surface area contributed by atoms with Gasteiger partial charge in [0.25, 0.3) is 5.91 Å². The lowest BCUT2D eigenvalue weighted by molar-refractivity contribution is 0.0957. The number of unbranched alkanes of at least 4 members (excludes halogenated alkanes) is 1. The normalized spacial score (nSPS) is 10.6. The highest BCUT2D eigenvalue weighted by atomic mass is 32.1. The topological polar surface area (TPSA) is 55.1 Å². The van der Waals surface area contributed by atoms with E-state index in [1.54, 1.807) is 11.3 Å². The molecule has 1 aromatic heterocycles. The number of rotatable bonds is 8. The van der Waals surface area contributed by atoms with Crippen LogP contribution in [0.5, 0.6) is 0 Å². The van der Waals surface area contributed by atoms with Crippen LogP contribution >= 0.6 is 11.3 Å². The molecule has 18 heavy (non-hydrogen) atoms. The molecule has 0 spiro atoms. The van der Waals surface area contributed by atoms with Gasteiger partial charge in [0.15, 0.2) is 0 Å². The Morgan fingerprint density at radius 1 is 1.39 bits per heavy atom. The van der Waals surface area contributed by atoms with Crippen molar-refractivity contribution in [2.24, 2.45) is 5.73 Å². The van der Waals surface area contributed by atoms with Gasteiger partial charge in [-0.25, -0.2) is 0 Å². The molecule has 3 nitrogen and oxygen atoms in total. The van der Waals surface area contributed by atoms with Crippen molar-refractivity contribution < 1.29 is 4.79 Å². The van der Waals surface area contributed by atoms with E-state index in [0.717, 1.165) is 43.5 Å². The summed E-state index contributed by atoms with van der Waals surface area (Å²) in [6, 6.07) is 2.05. The van der Waals surface area contributed by atoms with Gasteiger partial charge in [0.2, 0.25) is 0 Å². The molecule has 0 atom stereocenters. The van der Waals surface area contributed by atoms with Gasteiger partial charge in [0, 0.05) is 11.4 Å². The summed E-state index contributed by atoms with van der Waals surface area (Å²) in [5, 5.41) is 2.96. The Bertz CT molecular complexity index is 374. The van der Waals surface area contributed by atoms with Crippen molar-refractivity contribution in [1.29, 1.82) is 0 Å². The van der Waals surface area contributed by atoms with Crippen molar-refractivity contribution in [3.8, 4) is 0 Å². The fraction of sp³-hybridized carbons (Fsp3) is 0.643. The van der Waals surface area contributed by atoms with E-state index in [1.165, 1.54) is 10.4 Å². The molecule has 0 aliphatic carbocycles. The first-order chi connectivity index (χ1) is 8.72. The smallest absolute Gasteiger partial charge is 0.261 e. The molecule has 0 fully saturated rings. The van der Waals surface area contributed by atoms with Crippen molar-refractivity contribution in [2.75, 3.05) is 13.1 Å². The van der Waals surface area contributed by atoms with Crippen LogP contribution in [0.15, 0.2) is 6.07 Å². The average molecular weight is 268 g/mol. The van der Waals surface area contributed by atoms with Crippen LogP contribution in [0.2, 0.25) is 0 Å². The molecule has 3 N–H and O–H groups in total. The van der Waals surface area contributed by atoms with E-state index in [4.69, 9.17) is 5.73 Å². The number of amides is 1. The second kappa shape index (κ2) is 8.27. The fourth-order valence-corrected chi connectivity index (χ4v) is 3.15. The molecule has 0 radical (unpaired) electrons. The lowest BCUT2D eigenvalue weighted by Crippen LogP contribution is -2.24. The number of hydrogen-bond donors (Lipinski definition) is 2. The zero-order valence-corrected chi connectivity index (χ0v) is 12.2. The molecule has 0 saturated carbocycles. The zero-order chi connectivity index (χ0) is 13.4. The summed E-state index contributed by atoms with van der Waals surface area (Å²) >= 11 is 1.64. The monoisotopic (exact) mass is 268 g/mol. The number of nitrogens with one attached hydrogen (secondary N) is 1. The van der Waals surface area contributed by atoms with E-state index in [0.29, 0.717) is 6.54 Å². The quantitative estimate of drug-likeness (QED) is 0.712. The summed E-state index contributed by atoms with van der Waals surface area (Å²) in [4.78, 5) is 14.2. The molecule has 0 aromatic carbocycles. The summed E-state index contributed by atoms with van der Waals surface area (Å²) < 4.78 is 0. The Morgan fingerprint density at radius 2 is 2.17 bits per heavy atom. The minimum atomic E-state index is 0.0640. The molecule has 0 aliphatic heterocycles. The van der Waals surface area contributed by atoms with Crippen LogP contribution in [0.25, 0.3) is 0 Å². The summed E-state index contributed by atoms with van der Waals surface area (Å²) in [5.41, 5.74) is 6.75. The van der Waals surface area contributed by atoms with Crippen LogP contribution in [-0.4, -0.2) is 19.0 Å². The van der Waals surface area contributed by atoms with Gasteiger partial charge >= 0.3 is 0 Å². The van der Waals surface area contributed by atoms with Crippen LogP contribution in [0.3, 0.4) is 0 Å². The first-order valence-corrected chi connectivity index (χ1v) is 7.64. The Balaban J connectivity index is 2.56. The van der Waals surface area contributed by atoms with Crippen LogP contribution in [-0.2, 0) is 12.8 Å². The summed E-state index contributed by atoms with van der Waals surface area (Å²) in [6.07, 6.45) is 5.13. The maximum atomic E-state index is 12.0. The molecule has 0 aliphatic rings. The molecule has 0 saturated heterocycles. The maximum Gasteiger partial charge on any atom is 0.261 e. The van der Waals surface area contributed by atoms with E-state index in [9.17, 15) is 4.79 Å². The van der Waals surface area contributed by atoms with Gasteiger partial charge in [-0.2, -0.15) is 0 Å².